The Bertz CT molecular complexity index is 2070. The number of benzene rings is 2. The van der Waals surface area contributed by atoms with Crippen molar-refractivity contribution in [2.75, 3.05) is 26.3 Å². The predicted octanol–water partition coefficient (Wildman–Crippen LogP) is 4.14. The third-order valence-corrected chi connectivity index (χ3v) is 9.54. The number of pyridine rings is 1. The Morgan fingerprint density at radius 3 is 2.44 bits per heavy atom. The molecular weight excluding hydrogens is 613 g/mol. The molecule has 248 valence electrons. The Morgan fingerprint density at radius 1 is 0.979 bits per heavy atom. The lowest BCUT2D eigenvalue weighted by Gasteiger charge is -2.30. The number of hydrogen-bond acceptors (Lipinski definition) is 7. The number of nitrogens with one attached hydrogen (secondary N) is 1. The molecule has 0 radical (unpaired) electrons. The van der Waals surface area contributed by atoms with Gasteiger partial charge >= 0.3 is 5.69 Å². The van der Waals surface area contributed by atoms with Crippen LogP contribution in [0, 0.1) is 12.7 Å². The summed E-state index contributed by atoms with van der Waals surface area (Å²) in [5.74, 6) is -0.904. The zero-order valence-corrected chi connectivity index (χ0v) is 27.1. The van der Waals surface area contributed by atoms with Crippen molar-refractivity contribution in [1.82, 2.24) is 34.1 Å². The monoisotopic (exact) mass is 651 g/mol. The molecule has 1 amide bonds. The lowest BCUT2D eigenvalue weighted by Crippen LogP contribution is -2.45. The molecule has 5 aromatic rings. The van der Waals surface area contributed by atoms with Crippen LogP contribution in [0.15, 0.2) is 76.4 Å². The Labute approximate surface area is 276 Å². The van der Waals surface area contributed by atoms with Crippen molar-refractivity contribution in [3.8, 4) is 16.8 Å². The Morgan fingerprint density at radius 2 is 1.73 bits per heavy atom. The topological polar surface area (TPSA) is 116 Å². The van der Waals surface area contributed by atoms with Gasteiger partial charge in [0.05, 0.1) is 30.5 Å². The van der Waals surface area contributed by atoms with E-state index in [0.29, 0.717) is 37.1 Å². The van der Waals surface area contributed by atoms with E-state index in [1.807, 2.05) is 25.1 Å². The largest absolute Gasteiger partial charge is 0.379 e. The molecule has 3 aromatic heterocycles. The highest BCUT2D eigenvalue weighted by molar-refractivity contribution is 5.92. The summed E-state index contributed by atoms with van der Waals surface area (Å²) in [4.78, 5) is 47.4. The van der Waals surface area contributed by atoms with E-state index >= 15 is 0 Å². The molecule has 1 saturated carbocycles. The van der Waals surface area contributed by atoms with Crippen molar-refractivity contribution < 1.29 is 13.9 Å². The molecule has 2 aliphatic rings. The quantitative estimate of drug-likeness (QED) is 0.281. The molecule has 12 heteroatoms. The Kier molecular flexibility index (Phi) is 8.76. The van der Waals surface area contributed by atoms with Crippen molar-refractivity contribution in [2.24, 2.45) is 7.05 Å². The average molecular weight is 652 g/mol. The molecule has 0 atom stereocenters. The highest BCUT2D eigenvalue weighted by atomic mass is 19.1. The number of ether oxygens (including phenoxy) is 1. The molecule has 11 nitrogen and oxygen atoms in total. The summed E-state index contributed by atoms with van der Waals surface area (Å²) in [6.07, 6.45) is 3.16. The summed E-state index contributed by atoms with van der Waals surface area (Å²) in [6.45, 7) is 6.06. The SMILES string of the molecule is Cc1cc(C(=O)NC2CCC(n3c(=O)c4cc(F)cnc4n(-c4cccc(-c5ccc(CN6CCOCC6)cc5)c4)c3=O)CC2)nn1C. The van der Waals surface area contributed by atoms with E-state index in [9.17, 15) is 18.8 Å². The molecule has 7 rings (SSSR count). The third-order valence-electron chi connectivity index (χ3n) is 9.54. The van der Waals surface area contributed by atoms with Gasteiger partial charge in [-0.15, -0.1) is 0 Å². The average Bonchev–Trinajstić information content (AvgIpc) is 3.44. The number of hydrogen-bond donors (Lipinski definition) is 1. The summed E-state index contributed by atoms with van der Waals surface area (Å²) in [5.41, 5.74) is 3.85. The first-order chi connectivity index (χ1) is 23.2. The maximum absolute atomic E-state index is 14.5. The first-order valence-electron chi connectivity index (χ1n) is 16.4. The lowest BCUT2D eigenvalue weighted by molar-refractivity contribution is 0.0342. The van der Waals surface area contributed by atoms with Crippen molar-refractivity contribution >= 4 is 16.9 Å². The standard InChI is InChI=1S/C36H38FN7O4/c1-23-18-32(40-41(23)2)34(45)39-28-10-12-29(13-11-28)44-35(46)31-20-27(37)21-38-33(31)43(36(44)47)30-5-3-4-26(19-30)25-8-6-24(7-9-25)22-42-14-16-48-17-15-42/h3-9,18-21,28-29H,10-17,22H2,1-2H3,(H,39,45). The molecule has 0 unspecified atom stereocenters. The van der Waals surface area contributed by atoms with Crippen LogP contribution < -0.4 is 16.6 Å². The van der Waals surface area contributed by atoms with Gasteiger partial charge in [-0.1, -0.05) is 36.4 Å². The molecule has 4 heterocycles. The van der Waals surface area contributed by atoms with Gasteiger partial charge in [-0.2, -0.15) is 5.10 Å². The van der Waals surface area contributed by atoms with Gasteiger partial charge in [0, 0.05) is 44.5 Å². The van der Waals surface area contributed by atoms with E-state index < -0.39 is 23.1 Å². The summed E-state index contributed by atoms with van der Waals surface area (Å²) in [7, 11) is 1.79. The van der Waals surface area contributed by atoms with E-state index in [4.69, 9.17) is 4.74 Å². The number of aromatic nitrogens is 5. The molecular formula is C36H38FN7O4. The fraction of sp³-hybridized carbons (Fsp3) is 0.361. The van der Waals surface area contributed by atoms with Crippen LogP contribution in [0.2, 0.25) is 0 Å². The van der Waals surface area contributed by atoms with Gasteiger partial charge in [0.1, 0.15) is 11.5 Å². The van der Waals surface area contributed by atoms with Crippen molar-refractivity contribution in [3.63, 3.8) is 0 Å². The third kappa shape index (κ3) is 6.33. The first-order valence-corrected chi connectivity index (χ1v) is 16.4. The number of morpholine rings is 1. The summed E-state index contributed by atoms with van der Waals surface area (Å²) < 4.78 is 24.2. The normalized spacial score (nSPS) is 18.6. The fourth-order valence-corrected chi connectivity index (χ4v) is 6.79. The zero-order valence-electron chi connectivity index (χ0n) is 27.1. The van der Waals surface area contributed by atoms with Gasteiger partial charge in [-0.25, -0.2) is 18.7 Å². The maximum Gasteiger partial charge on any atom is 0.337 e. The van der Waals surface area contributed by atoms with Gasteiger partial charge in [0.2, 0.25) is 0 Å². The van der Waals surface area contributed by atoms with Crippen LogP contribution in [0.1, 0.15) is 53.5 Å². The van der Waals surface area contributed by atoms with E-state index in [0.717, 1.165) is 61.9 Å². The minimum Gasteiger partial charge on any atom is -0.379 e. The van der Waals surface area contributed by atoms with Gasteiger partial charge in [0.15, 0.2) is 5.65 Å². The van der Waals surface area contributed by atoms with Gasteiger partial charge in [0.25, 0.3) is 11.5 Å². The summed E-state index contributed by atoms with van der Waals surface area (Å²) in [6, 6.07) is 18.2. The van der Waals surface area contributed by atoms with E-state index in [1.54, 1.807) is 23.9 Å². The van der Waals surface area contributed by atoms with Crippen LogP contribution in [-0.2, 0) is 18.3 Å². The minimum atomic E-state index is -0.654. The maximum atomic E-state index is 14.5. The van der Waals surface area contributed by atoms with Crippen molar-refractivity contribution in [2.45, 2.75) is 51.2 Å². The van der Waals surface area contributed by atoms with Crippen LogP contribution in [0.3, 0.4) is 0 Å². The van der Waals surface area contributed by atoms with Crippen LogP contribution in [0.25, 0.3) is 27.8 Å². The van der Waals surface area contributed by atoms with Crippen molar-refractivity contribution in [1.29, 1.82) is 0 Å². The second-order valence-corrected chi connectivity index (χ2v) is 12.7. The van der Waals surface area contributed by atoms with Crippen LogP contribution in [0.4, 0.5) is 4.39 Å². The number of nitrogens with zero attached hydrogens (tertiary/aromatic N) is 6. The number of carbonyl (C=O) groups is 1. The molecule has 1 saturated heterocycles. The molecule has 1 aliphatic heterocycles. The first kappa shape index (κ1) is 31.6. The number of aryl methyl sites for hydroxylation is 2. The molecule has 1 N–H and O–H groups in total. The number of amides is 1. The molecule has 2 aromatic carbocycles. The Hall–Kier alpha value is -4.94. The number of carbonyl (C=O) groups excluding carboxylic acids is 1. The van der Waals surface area contributed by atoms with Crippen LogP contribution in [0.5, 0.6) is 0 Å². The number of fused-ring (bicyclic) bond motifs is 1. The second kappa shape index (κ2) is 13.3. The number of rotatable bonds is 7. The Balaban J connectivity index is 1.17. The fourth-order valence-electron chi connectivity index (χ4n) is 6.79. The van der Waals surface area contributed by atoms with Crippen LogP contribution in [-0.4, -0.2) is 67.1 Å². The van der Waals surface area contributed by atoms with Gasteiger partial charge in [-0.3, -0.25) is 23.7 Å². The molecule has 48 heavy (non-hydrogen) atoms. The van der Waals surface area contributed by atoms with Crippen LogP contribution >= 0.6 is 0 Å². The smallest absolute Gasteiger partial charge is 0.337 e. The highest BCUT2D eigenvalue weighted by Crippen LogP contribution is 2.29. The van der Waals surface area contributed by atoms with Crippen molar-refractivity contribution in [3.05, 3.63) is 110 Å². The predicted molar refractivity (Wildman–Crippen MR) is 180 cm³/mol. The summed E-state index contributed by atoms with van der Waals surface area (Å²) >= 11 is 0. The molecule has 0 spiro atoms. The molecule has 2 fully saturated rings. The molecule has 0 bridgehead atoms. The zero-order chi connectivity index (χ0) is 33.4. The minimum absolute atomic E-state index is 0.0356. The van der Waals surface area contributed by atoms with Gasteiger partial charge in [-0.05, 0) is 73.6 Å². The van der Waals surface area contributed by atoms with E-state index in [1.165, 1.54) is 14.7 Å². The lowest BCUT2D eigenvalue weighted by atomic mass is 9.90. The van der Waals surface area contributed by atoms with E-state index in [-0.39, 0.29) is 23.0 Å². The second-order valence-electron chi connectivity index (χ2n) is 12.7. The van der Waals surface area contributed by atoms with Gasteiger partial charge < -0.3 is 10.1 Å². The summed E-state index contributed by atoms with van der Waals surface area (Å²) in [5, 5.41) is 7.34. The highest BCUT2D eigenvalue weighted by Gasteiger charge is 2.28. The molecule has 1 aliphatic carbocycles. The number of halogens is 1. The van der Waals surface area contributed by atoms with E-state index in [2.05, 4.69) is 44.6 Å².